The van der Waals surface area contributed by atoms with Crippen molar-refractivity contribution in [2.45, 2.75) is 25.7 Å². The van der Waals surface area contributed by atoms with Gasteiger partial charge in [0.15, 0.2) is 0 Å². The highest BCUT2D eigenvalue weighted by Crippen LogP contribution is 2.21. The van der Waals surface area contributed by atoms with Crippen LogP contribution >= 0.6 is 0 Å². The van der Waals surface area contributed by atoms with Crippen molar-refractivity contribution < 1.29 is 14.7 Å². The van der Waals surface area contributed by atoms with Gasteiger partial charge < -0.3 is 14.6 Å². The zero-order chi connectivity index (χ0) is 16.1. The Morgan fingerprint density at radius 2 is 1.95 bits per heavy atom. The van der Waals surface area contributed by atoms with Crippen LogP contribution in [0.25, 0.3) is 10.9 Å². The molecule has 22 heavy (non-hydrogen) atoms. The number of amides is 1. The second-order valence-electron chi connectivity index (χ2n) is 5.59. The van der Waals surface area contributed by atoms with Crippen LogP contribution < -0.4 is 0 Å². The quantitative estimate of drug-likeness (QED) is 0.854. The van der Waals surface area contributed by atoms with Gasteiger partial charge in [0.2, 0.25) is 5.91 Å². The van der Waals surface area contributed by atoms with E-state index in [0.29, 0.717) is 25.8 Å². The molecule has 0 fully saturated rings. The van der Waals surface area contributed by atoms with E-state index in [0.717, 1.165) is 0 Å². The Hall–Kier alpha value is -2.30. The molecule has 0 atom stereocenters. The lowest BCUT2D eigenvalue weighted by atomic mass is 10.1. The Labute approximate surface area is 130 Å². The van der Waals surface area contributed by atoms with Crippen LogP contribution in [0.4, 0.5) is 0 Å². The van der Waals surface area contributed by atoms with Crippen molar-refractivity contribution in [2.24, 2.45) is 7.05 Å². The van der Waals surface area contributed by atoms with Crippen LogP contribution in [0.5, 0.6) is 0 Å². The third-order valence-electron chi connectivity index (χ3n) is 3.90. The Balaban J connectivity index is 1.91. The summed E-state index contributed by atoms with van der Waals surface area (Å²) < 4.78 is 2.08. The summed E-state index contributed by atoms with van der Waals surface area (Å²) >= 11 is 0. The van der Waals surface area contributed by atoms with Crippen molar-refractivity contribution in [3.05, 3.63) is 36.0 Å². The molecular weight excluding hydrogens is 280 g/mol. The minimum atomic E-state index is -0.823. The number of benzene rings is 1. The predicted octanol–water partition coefficient (Wildman–Crippen LogP) is 2.43. The molecule has 5 nitrogen and oxygen atoms in total. The zero-order valence-electron chi connectivity index (χ0n) is 13.1. The average Bonchev–Trinajstić information content (AvgIpc) is 2.81. The molecule has 1 N–H and O–H groups in total. The molecule has 1 heterocycles. The Morgan fingerprint density at radius 1 is 1.23 bits per heavy atom. The highest BCUT2D eigenvalue weighted by Gasteiger charge is 2.12. The summed E-state index contributed by atoms with van der Waals surface area (Å²) in [6, 6.07) is 8.16. The summed E-state index contributed by atoms with van der Waals surface area (Å²) in [4.78, 5) is 24.2. The summed E-state index contributed by atoms with van der Waals surface area (Å²) in [6.45, 7) is 0.487. The molecule has 1 aromatic carbocycles. The number of nitrogens with zero attached hydrogens (tertiary/aromatic N) is 2. The fourth-order valence-corrected chi connectivity index (χ4v) is 2.65. The summed E-state index contributed by atoms with van der Waals surface area (Å²) in [5.41, 5.74) is 2.34. The molecular formula is C17H22N2O3. The van der Waals surface area contributed by atoms with Crippen LogP contribution in [0, 0.1) is 0 Å². The van der Waals surface area contributed by atoms with E-state index in [-0.39, 0.29) is 12.3 Å². The molecule has 0 saturated carbocycles. The first-order chi connectivity index (χ1) is 10.5. The number of carbonyl (C=O) groups is 2. The topological polar surface area (TPSA) is 62.5 Å². The van der Waals surface area contributed by atoms with Crippen LogP contribution in [0.3, 0.4) is 0 Å². The molecule has 118 valence electrons. The van der Waals surface area contributed by atoms with Gasteiger partial charge >= 0.3 is 5.97 Å². The van der Waals surface area contributed by atoms with Gasteiger partial charge in [-0.2, -0.15) is 0 Å². The van der Waals surface area contributed by atoms with Crippen molar-refractivity contribution in [1.82, 2.24) is 9.47 Å². The van der Waals surface area contributed by atoms with Gasteiger partial charge in [0.05, 0.1) is 0 Å². The van der Waals surface area contributed by atoms with E-state index in [1.165, 1.54) is 16.5 Å². The van der Waals surface area contributed by atoms with Crippen LogP contribution in [0.1, 0.15) is 24.8 Å². The van der Waals surface area contributed by atoms with Crippen molar-refractivity contribution in [3.63, 3.8) is 0 Å². The monoisotopic (exact) mass is 302 g/mol. The van der Waals surface area contributed by atoms with Gasteiger partial charge in [0.1, 0.15) is 0 Å². The van der Waals surface area contributed by atoms with Gasteiger partial charge in [-0.15, -0.1) is 0 Å². The molecule has 0 aliphatic rings. The van der Waals surface area contributed by atoms with Gasteiger partial charge in [0, 0.05) is 50.6 Å². The molecule has 0 aliphatic carbocycles. The van der Waals surface area contributed by atoms with Gasteiger partial charge in [0.25, 0.3) is 0 Å². The fourth-order valence-electron chi connectivity index (χ4n) is 2.65. The number of carboxylic acids is 1. The van der Waals surface area contributed by atoms with Gasteiger partial charge in [-0.1, -0.05) is 18.2 Å². The first-order valence-electron chi connectivity index (χ1n) is 7.47. The maximum atomic E-state index is 12.1. The fraction of sp³-hybridized carbons (Fsp3) is 0.412. The molecule has 2 rings (SSSR count). The lowest BCUT2D eigenvalue weighted by Gasteiger charge is -2.16. The van der Waals surface area contributed by atoms with Crippen molar-refractivity contribution in [2.75, 3.05) is 13.6 Å². The van der Waals surface area contributed by atoms with Crippen molar-refractivity contribution in [1.29, 1.82) is 0 Å². The van der Waals surface area contributed by atoms with E-state index in [9.17, 15) is 9.59 Å². The van der Waals surface area contributed by atoms with E-state index in [1.807, 2.05) is 19.2 Å². The minimum absolute atomic E-state index is 0.0540. The summed E-state index contributed by atoms with van der Waals surface area (Å²) in [7, 11) is 3.74. The molecule has 0 radical (unpaired) electrons. The van der Waals surface area contributed by atoms with Crippen LogP contribution in [0.2, 0.25) is 0 Å². The maximum absolute atomic E-state index is 12.1. The number of carbonyl (C=O) groups excluding carboxylic acids is 1. The number of carboxylic acid groups (broad SMARTS) is 1. The third kappa shape index (κ3) is 3.87. The van der Waals surface area contributed by atoms with Gasteiger partial charge in [-0.3, -0.25) is 9.59 Å². The minimum Gasteiger partial charge on any atom is -0.481 e. The highest BCUT2D eigenvalue weighted by atomic mass is 16.4. The summed E-state index contributed by atoms with van der Waals surface area (Å²) in [5.74, 6) is -0.769. The zero-order valence-corrected chi connectivity index (χ0v) is 13.1. The number of hydrogen-bond acceptors (Lipinski definition) is 2. The van der Waals surface area contributed by atoms with E-state index in [2.05, 4.69) is 22.9 Å². The normalized spacial score (nSPS) is 10.8. The molecule has 0 bridgehead atoms. The van der Waals surface area contributed by atoms with Crippen molar-refractivity contribution in [3.8, 4) is 0 Å². The van der Waals surface area contributed by atoms with E-state index < -0.39 is 5.97 Å². The Bertz CT molecular complexity index is 676. The SMILES string of the molecule is CN(CCCC(=O)O)C(=O)CCc1cn(C)c2ccccc12. The molecule has 5 heteroatoms. The molecule has 0 aliphatic heterocycles. The molecule has 2 aromatic rings. The molecule has 1 aromatic heterocycles. The Kier molecular flexibility index (Phi) is 5.20. The summed E-state index contributed by atoms with van der Waals surface area (Å²) in [5, 5.41) is 9.80. The molecule has 0 spiro atoms. The second kappa shape index (κ2) is 7.11. The van der Waals surface area contributed by atoms with Crippen LogP contribution in [-0.2, 0) is 23.1 Å². The maximum Gasteiger partial charge on any atom is 0.303 e. The number of hydrogen-bond donors (Lipinski definition) is 1. The third-order valence-corrected chi connectivity index (χ3v) is 3.90. The molecule has 1 amide bonds. The van der Waals surface area contributed by atoms with Crippen LogP contribution in [-0.4, -0.2) is 40.0 Å². The largest absolute Gasteiger partial charge is 0.481 e. The number of aryl methyl sites for hydroxylation is 2. The molecule has 0 unspecified atom stereocenters. The number of aromatic nitrogens is 1. The molecule has 0 saturated heterocycles. The number of para-hydroxylation sites is 1. The number of rotatable bonds is 7. The number of aliphatic carboxylic acids is 1. The Morgan fingerprint density at radius 3 is 2.68 bits per heavy atom. The summed E-state index contributed by atoms with van der Waals surface area (Å²) in [6.07, 6.45) is 3.80. The van der Waals surface area contributed by atoms with E-state index >= 15 is 0 Å². The predicted molar refractivity (Wildman–Crippen MR) is 85.7 cm³/mol. The van der Waals surface area contributed by atoms with Gasteiger partial charge in [-0.05, 0) is 24.5 Å². The van der Waals surface area contributed by atoms with Crippen molar-refractivity contribution >= 4 is 22.8 Å². The highest BCUT2D eigenvalue weighted by molar-refractivity contribution is 5.84. The average molecular weight is 302 g/mol. The van der Waals surface area contributed by atoms with E-state index in [1.54, 1.807) is 11.9 Å². The first kappa shape index (κ1) is 16.1. The second-order valence-corrected chi connectivity index (χ2v) is 5.59. The van der Waals surface area contributed by atoms with Gasteiger partial charge in [-0.25, -0.2) is 0 Å². The lowest BCUT2D eigenvalue weighted by Crippen LogP contribution is -2.28. The standard InChI is InChI=1S/C17H22N2O3/c1-18(11-5-8-17(21)22)16(20)10-9-13-12-19(2)15-7-4-3-6-14(13)15/h3-4,6-7,12H,5,8-11H2,1-2H3,(H,21,22). The van der Waals surface area contributed by atoms with Crippen LogP contribution in [0.15, 0.2) is 30.5 Å². The first-order valence-corrected chi connectivity index (χ1v) is 7.47. The smallest absolute Gasteiger partial charge is 0.303 e. The number of fused-ring (bicyclic) bond motifs is 1. The lowest BCUT2D eigenvalue weighted by molar-refractivity contribution is -0.138. The van der Waals surface area contributed by atoms with E-state index in [4.69, 9.17) is 5.11 Å².